The summed E-state index contributed by atoms with van der Waals surface area (Å²) in [6.07, 6.45) is -4.36. The Bertz CT molecular complexity index is 585. The SMILES string of the molecule is O=CNNc1nc(C(F)(F)F)nc2ccccc12. The van der Waals surface area contributed by atoms with Gasteiger partial charge in [0.1, 0.15) is 0 Å². The molecule has 1 amide bonds. The average molecular weight is 256 g/mol. The molecule has 0 fully saturated rings. The van der Waals surface area contributed by atoms with Crippen molar-refractivity contribution in [2.24, 2.45) is 0 Å². The molecule has 1 heterocycles. The van der Waals surface area contributed by atoms with Gasteiger partial charge in [-0.25, -0.2) is 9.97 Å². The van der Waals surface area contributed by atoms with E-state index < -0.39 is 12.0 Å². The van der Waals surface area contributed by atoms with Crippen LogP contribution in [0.1, 0.15) is 5.82 Å². The molecular formula is C10H7F3N4O. The number of hydrazine groups is 1. The summed E-state index contributed by atoms with van der Waals surface area (Å²) in [7, 11) is 0. The number of rotatable bonds is 3. The minimum Gasteiger partial charge on any atom is -0.281 e. The normalized spacial score (nSPS) is 11.3. The van der Waals surface area contributed by atoms with Gasteiger partial charge in [-0.3, -0.25) is 15.6 Å². The molecule has 18 heavy (non-hydrogen) atoms. The summed E-state index contributed by atoms with van der Waals surface area (Å²) in [5, 5.41) is 0.375. The van der Waals surface area contributed by atoms with Gasteiger partial charge < -0.3 is 0 Å². The van der Waals surface area contributed by atoms with Gasteiger partial charge in [0.25, 0.3) is 0 Å². The van der Waals surface area contributed by atoms with Gasteiger partial charge in [0.05, 0.1) is 5.52 Å². The summed E-state index contributed by atoms with van der Waals surface area (Å²) in [4.78, 5) is 16.9. The van der Waals surface area contributed by atoms with Gasteiger partial charge in [-0.15, -0.1) is 0 Å². The van der Waals surface area contributed by atoms with Crippen molar-refractivity contribution in [2.75, 3.05) is 5.43 Å². The van der Waals surface area contributed by atoms with Gasteiger partial charge >= 0.3 is 6.18 Å². The average Bonchev–Trinajstić information content (AvgIpc) is 2.34. The van der Waals surface area contributed by atoms with Gasteiger partial charge in [-0.1, -0.05) is 12.1 Å². The molecule has 0 unspecified atom stereocenters. The second-order valence-electron chi connectivity index (χ2n) is 3.30. The van der Waals surface area contributed by atoms with E-state index in [1.54, 1.807) is 18.2 Å². The predicted molar refractivity (Wildman–Crippen MR) is 57.4 cm³/mol. The van der Waals surface area contributed by atoms with Crippen LogP contribution in [0.2, 0.25) is 0 Å². The lowest BCUT2D eigenvalue weighted by Crippen LogP contribution is -2.22. The number of hydrogen-bond donors (Lipinski definition) is 2. The Balaban J connectivity index is 2.60. The zero-order valence-electron chi connectivity index (χ0n) is 8.82. The van der Waals surface area contributed by atoms with Crippen molar-refractivity contribution in [1.82, 2.24) is 15.4 Å². The molecule has 0 atom stereocenters. The van der Waals surface area contributed by atoms with Crippen molar-refractivity contribution in [3.8, 4) is 0 Å². The number of amides is 1. The molecule has 1 aromatic heterocycles. The molecule has 2 rings (SSSR count). The van der Waals surface area contributed by atoms with Crippen LogP contribution in [-0.2, 0) is 11.0 Å². The third kappa shape index (κ3) is 2.31. The number of hydrogen-bond acceptors (Lipinski definition) is 4. The molecule has 1 aromatic carbocycles. The predicted octanol–water partition coefficient (Wildman–Crippen LogP) is 1.72. The molecule has 0 radical (unpaired) electrons. The Morgan fingerprint density at radius 3 is 2.56 bits per heavy atom. The summed E-state index contributed by atoms with van der Waals surface area (Å²) < 4.78 is 37.7. The van der Waals surface area contributed by atoms with Crippen LogP contribution >= 0.6 is 0 Å². The fourth-order valence-corrected chi connectivity index (χ4v) is 1.40. The number of benzene rings is 1. The quantitative estimate of drug-likeness (QED) is 0.648. The maximum atomic E-state index is 12.6. The number of carbonyl (C=O) groups is 1. The van der Waals surface area contributed by atoms with Crippen molar-refractivity contribution in [3.63, 3.8) is 0 Å². The number of fused-ring (bicyclic) bond motifs is 1. The van der Waals surface area contributed by atoms with Crippen LogP contribution in [0.4, 0.5) is 19.0 Å². The first-order chi connectivity index (χ1) is 8.52. The number of alkyl halides is 3. The van der Waals surface area contributed by atoms with Gasteiger partial charge in [0, 0.05) is 5.39 Å². The van der Waals surface area contributed by atoms with E-state index in [1.165, 1.54) is 6.07 Å². The molecule has 0 aliphatic heterocycles. The van der Waals surface area contributed by atoms with Crippen LogP contribution in [0, 0.1) is 0 Å². The van der Waals surface area contributed by atoms with Crippen LogP contribution in [0.25, 0.3) is 10.9 Å². The standard InChI is InChI=1S/C10H7F3N4O/c11-10(12,13)9-15-7-4-2-1-3-6(7)8(16-9)17-14-5-18/h1-5H,(H,14,18)(H,15,16,17). The van der Waals surface area contributed by atoms with Crippen LogP contribution in [0.3, 0.4) is 0 Å². The first-order valence-corrected chi connectivity index (χ1v) is 4.81. The van der Waals surface area contributed by atoms with Crippen LogP contribution < -0.4 is 10.9 Å². The zero-order chi connectivity index (χ0) is 13.2. The third-order valence-electron chi connectivity index (χ3n) is 2.11. The maximum absolute atomic E-state index is 12.6. The maximum Gasteiger partial charge on any atom is 0.451 e. The minimum atomic E-state index is -4.65. The Hall–Kier alpha value is -2.38. The molecule has 0 saturated heterocycles. The third-order valence-corrected chi connectivity index (χ3v) is 2.11. The largest absolute Gasteiger partial charge is 0.451 e. The van der Waals surface area contributed by atoms with Crippen molar-refractivity contribution >= 4 is 23.1 Å². The first kappa shape index (κ1) is 12.1. The molecule has 94 valence electrons. The van der Waals surface area contributed by atoms with E-state index in [0.717, 1.165) is 0 Å². The van der Waals surface area contributed by atoms with Crippen LogP contribution in [-0.4, -0.2) is 16.4 Å². The number of anilines is 1. The lowest BCUT2D eigenvalue weighted by molar-refractivity contribution is -0.144. The molecule has 2 N–H and O–H groups in total. The minimum absolute atomic E-state index is 0.111. The molecule has 0 saturated carbocycles. The van der Waals surface area contributed by atoms with E-state index in [0.29, 0.717) is 11.8 Å². The fraction of sp³-hybridized carbons (Fsp3) is 0.100. The fourth-order valence-electron chi connectivity index (χ4n) is 1.40. The van der Waals surface area contributed by atoms with Crippen molar-refractivity contribution in [3.05, 3.63) is 30.1 Å². The molecule has 0 aliphatic carbocycles. The zero-order valence-corrected chi connectivity index (χ0v) is 8.82. The summed E-state index contributed by atoms with van der Waals surface area (Å²) in [5.74, 6) is -1.38. The molecule has 8 heteroatoms. The smallest absolute Gasteiger partial charge is 0.281 e. The topological polar surface area (TPSA) is 66.9 Å². The molecule has 2 aromatic rings. The number of aromatic nitrogens is 2. The van der Waals surface area contributed by atoms with Gasteiger partial charge in [0.2, 0.25) is 12.2 Å². The van der Waals surface area contributed by atoms with Crippen molar-refractivity contribution < 1.29 is 18.0 Å². The summed E-state index contributed by atoms with van der Waals surface area (Å²) >= 11 is 0. The second kappa shape index (κ2) is 4.47. The molecular weight excluding hydrogens is 249 g/mol. The highest BCUT2D eigenvalue weighted by atomic mass is 19.4. The number of halogens is 3. The van der Waals surface area contributed by atoms with Gasteiger partial charge in [0.15, 0.2) is 5.82 Å². The lowest BCUT2D eigenvalue weighted by atomic mass is 10.2. The Morgan fingerprint density at radius 2 is 1.89 bits per heavy atom. The van der Waals surface area contributed by atoms with E-state index in [-0.39, 0.29) is 11.3 Å². The van der Waals surface area contributed by atoms with Gasteiger partial charge in [-0.05, 0) is 12.1 Å². The van der Waals surface area contributed by atoms with Gasteiger partial charge in [-0.2, -0.15) is 13.2 Å². The van der Waals surface area contributed by atoms with E-state index in [2.05, 4.69) is 15.4 Å². The number of carbonyl (C=O) groups excluding carboxylic acids is 1. The first-order valence-electron chi connectivity index (χ1n) is 4.81. The highest BCUT2D eigenvalue weighted by Gasteiger charge is 2.35. The van der Waals surface area contributed by atoms with E-state index in [9.17, 15) is 18.0 Å². The Morgan fingerprint density at radius 1 is 1.17 bits per heavy atom. The highest BCUT2D eigenvalue weighted by Crippen LogP contribution is 2.29. The van der Waals surface area contributed by atoms with Crippen molar-refractivity contribution in [2.45, 2.75) is 6.18 Å². The Labute approximate surface area is 99.0 Å². The number of para-hydroxylation sites is 1. The molecule has 0 aliphatic rings. The van der Waals surface area contributed by atoms with Crippen LogP contribution in [0.15, 0.2) is 24.3 Å². The number of nitrogens with zero attached hydrogens (tertiary/aromatic N) is 2. The van der Waals surface area contributed by atoms with Crippen molar-refractivity contribution in [1.29, 1.82) is 0 Å². The molecule has 5 nitrogen and oxygen atoms in total. The van der Waals surface area contributed by atoms with E-state index in [4.69, 9.17) is 0 Å². The van der Waals surface area contributed by atoms with Crippen LogP contribution in [0.5, 0.6) is 0 Å². The second-order valence-corrected chi connectivity index (χ2v) is 3.30. The summed E-state index contributed by atoms with van der Waals surface area (Å²) in [6.45, 7) is 0. The highest BCUT2D eigenvalue weighted by molar-refractivity contribution is 5.89. The van der Waals surface area contributed by atoms with E-state index >= 15 is 0 Å². The monoisotopic (exact) mass is 256 g/mol. The lowest BCUT2D eigenvalue weighted by Gasteiger charge is -2.11. The number of nitrogens with one attached hydrogen (secondary N) is 2. The summed E-state index contributed by atoms with van der Waals surface area (Å²) in [6, 6.07) is 6.17. The molecule has 0 bridgehead atoms. The van der Waals surface area contributed by atoms with E-state index in [1.807, 2.05) is 5.43 Å². The molecule has 0 spiro atoms. The summed E-state index contributed by atoms with van der Waals surface area (Å²) in [5.41, 5.74) is 4.46. The Kier molecular flexibility index (Phi) is 3.00.